The highest BCUT2D eigenvalue weighted by Gasteiger charge is 2.20. The van der Waals surface area contributed by atoms with Gasteiger partial charge in [-0.25, -0.2) is 0 Å². The molecule has 0 aromatic heterocycles. The van der Waals surface area contributed by atoms with Crippen LogP contribution in [0.25, 0.3) is 0 Å². The molecule has 0 spiro atoms. The lowest BCUT2D eigenvalue weighted by atomic mass is 10.1. The Kier molecular flexibility index (Phi) is 4.42. The van der Waals surface area contributed by atoms with Crippen molar-refractivity contribution in [3.05, 3.63) is 59.7 Å². The Hall–Kier alpha value is -2.29. The summed E-state index contributed by atoms with van der Waals surface area (Å²) < 4.78 is 5.23. The first-order valence-corrected chi connectivity index (χ1v) is 7.79. The Morgan fingerprint density at radius 3 is 2.86 bits per heavy atom. The summed E-state index contributed by atoms with van der Waals surface area (Å²) in [6.45, 7) is 0.805. The number of amides is 1. The Balaban J connectivity index is 1.82. The van der Waals surface area contributed by atoms with Crippen LogP contribution in [0.3, 0.4) is 0 Å². The van der Waals surface area contributed by atoms with Gasteiger partial charge in [0.25, 0.3) is 0 Å². The molecule has 0 atom stereocenters. The zero-order valence-electron chi connectivity index (χ0n) is 12.9. The van der Waals surface area contributed by atoms with Crippen LogP contribution in [-0.4, -0.2) is 19.6 Å². The number of ether oxygens (including phenoxy) is 1. The molecule has 114 valence electrons. The SMILES string of the molecule is COc1cccc(CC(=O)N2CCCCc3ccccc32)c1. The van der Waals surface area contributed by atoms with Gasteiger partial charge in [-0.05, 0) is 48.6 Å². The van der Waals surface area contributed by atoms with Gasteiger partial charge in [0, 0.05) is 12.2 Å². The maximum absolute atomic E-state index is 12.8. The molecule has 3 rings (SSSR count). The highest BCUT2D eigenvalue weighted by Crippen LogP contribution is 2.27. The van der Waals surface area contributed by atoms with Crippen LogP contribution < -0.4 is 9.64 Å². The molecular formula is C19H21NO2. The fourth-order valence-electron chi connectivity index (χ4n) is 3.00. The van der Waals surface area contributed by atoms with Gasteiger partial charge in [0.1, 0.15) is 5.75 Å². The molecule has 2 aromatic carbocycles. The minimum Gasteiger partial charge on any atom is -0.497 e. The number of nitrogens with zero attached hydrogens (tertiary/aromatic N) is 1. The van der Waals surface area contributed by atoms with Gasteiger partial charge in [0.05, 0.1) is 13.5 Å². The third kappa shape index (κ3) is 3.14. The first kappa shape index (κ1) is 14.6. The molecule has 3 nitrogen and oxygen atoms in total. The van der Waals surface area contributed by atoms with Crippen molar-refractivity contribution in [1.29, 1.82) is 0 Å². The van der Waals surface area contributed by atoms with Gasteiger partial charge in [-0.2, -0.15) is 0 Å². The largest absolute Gasteiger partial charge is 0.497 e. The molecule has 22 heavy (non-hydrogen) atoms. The molecule has 0 fully saturated rings. The van der Waals surface area contributed by atoms with Gasteiger partial charge in [-0.3, -0.25) is 4.79 Å². The number of hydrogen-bond acceptors (Lipinski definition) is 2. The number of methoxy groups -OCH3 is 1. The normalized spacial score (nSPS) is 14.1. The minimum atomic E-state index is 0.155. The van der Waals surface area contributed by atoms with Crippen molar-refractivity contribution >= 4 is 11.6 Å². The van der Waals surface area contributed by atoms with E-state index in [0.29, 0.717) is 6.42 Å². The molecule has 0 aliphatic carbocycles. The highest BCUT2D eigenvalue weighted by atomic mass is 16.5. The number of carbonyl (C=O) groups is 1. The predicted molar refractivity (Wildman–Crippen MR) is 88.4 cm³/mol. The molecule has 1 aliphatic rings. The monoisotopic (exact) mass is 295 g/mol. The molecule has 0 unspecified atom stereocenters. The van der Waals surface area contributed by atoms with E-state index in [-0.39, 0.29) is 5.91 Å². The van der Waals surface area contributed by atoms with Gasteiger partial charge < -0.3 is 9.64 Å². The molecule has 0 N–H and O–H groups in total. The zero-order chi connectivity index (χ0) is 15.4. The molecule has 2 aromatic rings. The summed E-state index contributed by atoms with van der Waals surface area (Å²) in [4.78, 5) is 14.7. The van der Waals surface area contributed by atoms with E-state index in [9.17, 15) is 4.79 Å². The summed E-state index contributed by atoms with van der Waals surface area (Å²) in [5, 5.41) is 0. The highest BCUT2D eigenvalue weighted by molar-refractivity contribution is 5.95. The average molecular weight is 295 g/mol. The molecular weight excluding hydrogens is 274 g/mol. The van der Waals surface area contributed by atoms with Crippen molar-refractivity contribution in [2.24, 2.45) is 0 Å². The summed E-state index contributed by atoms with van der Waals surface area (Å²) in [7, 11) is 1.64. The number of benzene rings is 2. The van der Waals surface area contributed by atoms with Gasteiger partial charge in [0.15, 0.2) is 0 Å². The summed E-state index contributed by atoms with van der Waals surface area (Å²) >= 11 is 0. The van der Waals surface area contributed by atoms with Crippen LogP contribution in [0.15, 0.2) is 48.5 Å². The lowest BCUT2D eigenvalue weighted by Gasteiger charge is -2.23. The first-order chi connectivity index (χ1) is 10.8. The number of anilines is 1. The Labute approximate surface area is 131 Å². The minimum absolute atomic E-state index is 0.155. The van der Waals surface area contributed by atoms with Crippen LogP contribution in [0.1, 0.15) is 24.0 Å². The number of hydrogen-bond donors (Lipinski definition) is 0. The standard InChI is InChI=1S/C19H21NO2/c1-22-17-10-6-7-15(13-17)14-19(21)20-12-5-4-9-16-8-2-3-11-18(16)20/h2-3,6-8,10-11,13H,4-5,9,12,14H2,1H3. The molecule has 0 bridgehead atoms. The molecule has 1 amide bonds. The first-order valence-electron chi connectivity index (χ1n) is 7.79. The van der Waals surface area contributed by atoms with Gasteiger partial charge in [-0.1, -0.05) is 30.3 Å². The van der Waals surface area contributed by atoms with Crippen molar-refractivity contribution in [3.8, 4) is 5.75 Å². The fourth-order valence-corrected chi connectivity index (χ4v) is 3.00. The van der Waals surface area contributed by atoms with E-state index in [2.05, 4.69) is 18.2 Å². The number of rotatable bonds is 3. The summed E-state index contributed by atoms with van der Waals surface area (Å²) in [5.41, 5.74) is 3.35. The van der Waals surface area contributed by atoms with Gasteiger partial charge in [0.2, 0.25) is 5.91 Å². The topological polar surface area (TPSA) is 29.5 Å². The van der Waals surface area contributed by atoms with Crippen LogP contribution in [0, 0.1) is 0 Å². The van der Waals surface area contributed by atoms with Crippen molar-refractivity contribution in [2.45, 2.75) is 25.7 Å². The summed E-state index contributed by atoms with van der Waals surface area (Å²) in [5.74, 6) is 0.948. The molecule has 0 saturated carbocycles. The van der Waals surface area contributed by atoms with E-state index in [1.807, 2.05) is 35.2 Å². The number of aryl methyl sites for hydroxylation is 1. The number of carbonyl (C=O) groups excluding carboxylic acids is 1. The second-order valence-corrected chi connectivity index (χ2v) is 5.66. The second-order valence-electron chi connectivity index (χ2n) is 5.66. The lowest BCUT2D eigenvalue weighted by Crippen LogP contribution is -2.33. The molecule has 0 saturated heterocycles. The fraction of sp³-hybridized carbons (Fsp3) is 0.316. The van der Waals surface area contributed by atoms with Crippen molar-refractivity contribution < 1.29 is 9.53 Å². The van der Waals surface area contributed by atoms with Crippen LogP contribution in [0.5, 0.6) is 5.75 Å². The number of fused-ring (bicyclic) bond motifs is 1. The van der Waals surface area contributed by atoms with Crippen molar-refractivity contribution in [1.82, 2.24) is 0 Å². The molecule has 3 heteroatoms. The Morgan fingerprint density at radius 2 is 2.00 bits per heavy atom. The van der Waals surface area contributed by atoms with Gasteiger partial charge in [-0.15, -0.1) is 0 Å². The van der Waals surface area contributed by atoms with Gasteiger partial charge >= 0.3 is 0 Å². The Bertz CT molecular complexity index is 666. The quantitative estimate of drug-likeness (QED) is 0.865. The van der Waals surface area contributed by atoms with E-state index < -0.39 is 0 Å². The third-order valence-corrected chi connectivity index (χ3v) is 4.15. The zero-order valence-corrected chi connectivity index (χ0v) is 12.9. The van der Waals surface area contributed by atoms with Crippen LogP contribution in [0.2, 0.25) is 0 Å². The predicted octanol–water partition coefficient (Wildman–Crippen LogP) is 3.61. The van der Waals surface area contributed by atoms with Crippen molar-refractivity contribution in [2.75, 3.05) is 18.6 Å². The summed E-state index contributed by atoms with van der Waals surface area (Å²) in [6, 6.07) is 16.0. The smallest absolute Gasteiger partial charge is 0.231 e. The number of para-hydroxylation sites is 1. The maximum Gasteiger partial charge on any atom is 0.231 e. The van der Waals surface area contributed by atoms with Crippen molar-refractivity contribution in [3.63, 3.8) is 0 Å². The lowest BCUT2D eigenvalue weighted by molar-refractivity contribution is -0.118. The molecule has 0 radical (unpaired) electrons. The van der Waals surface area contributed by atoms with E-state index in [1.165, 1.54) is 5.56 Å². The third-order valence-electron chi connectivity index (χ3n) is 4.15. The Morgan fingerprint density at radius 1 is 1.14 bits per heavy atom. The molecule has 1 aliphatic heterocycles. The van der Waals surface area contributed by atoms with E-state index in [1.54, 1.807) is 7.11 Å². The van der Waals surface area contributed by atoms with Crippen LogP contribution in [0.4, 0.5) is 5.69 Å². The van der Waals surface area contributed by atoms with E-state index in [4.69, 9.17) is 4.74 Å². The molecule has 1 heterocycles. The van der Waals surface area contributed by atoms with E-state index in [0.717, 1.165) is 42.8 Å². The van der Waals surface area contributed by atoms with Crippen LogP contribution >= 0.6 is 0 Å². The van der Waals surface area contributed by atoms with Crippen LogP contribution in [-0.2, 0) is 17.6 Å². The summed E-state index contributed by atoms with van der Waals surface area (Å²) in [6.07, 6.45) is 3.66. The average Bonchev–Trinajstić information content (AvgIpc) is 2.77. The maximum atomic E-state index is 12.8. The second kappa shape index (κ2) is 6.65. The van der Waals surface area contributed by atoms with E-state index >= 15 is 0 Å².